The molecule has 0 fully saturated rings. The van der Waals surface area contributed by atoms with E-state index in [1.807, 2.05) is 0 Å². The van der Waals surface area contributed by atoms with Crippen LogP contribution in [-0.4, -0.2) is 33.8 Å². The summed E-state index contributed by atoms with van der Waals surface area (Å²) in [5.74, 6) is -0.506. The Bertz CT molecular complexity index is 595. The zero-order chi connectivity index (χ0) is 13.1. The number of Topliss-reactive ketones (excluding diaryl/α,β-unsaturated/α-hetero) is 1. The van der Waals surface area contributed by atoms with Gasteiger partial charge in [-0.15, -0.1) is 11.3 Å². The monoisotopic (exact) mass is 263 g/mol. The van der Waals surface area contributed by atoms with Crippen molar-refractivity contribution < 1.29 is 14.3 Å². The largest absolute Gasteiger partial charge is 0.464 e. The Kier molecular flexibility index (Phi) is 3.42. The van der Waals surface area contributed by atoms with Gasteiger partial charge in [0.15, 0.2) is 22.3 Å². The Morgan fingerprint density at radius 2 is 1.94 bits per heavy atom. The Morgan fingerprint density at radius 1 is 1.28 bits per heavy atom. The van der Waals surface area contributed by atoms with Gasteiger partial charge in [0.05, 0.1) is 7.11 Å². The third-order valence-corrected chi connectivity index (χ3v) is 3.23. The van der Waals surface area contributed by atoms with Crippen molar-refractivity contribution in [1.82, 2.24) is 15.0 Å². The number of methoxy groups -OCH3 is 1. The van der Waals surface area contributed by atoms with E-state index in [4.69, 9.17) is 0 Å². The number of thiazole rings is 1. The second kappa shape index (κ2) is 5.01. The maximum Gasteiger partial charge on any atom is 0.358 e. The number of rotatable bonds is 3. The average molecular weight is 263 g/mol. The fraction of sp³-hybridized carbons (Fsp3) is 0.182. The number of carbonyl (C=O) groups is 2. The van der Waals surface area contributed by atoms with Gasteiger partial charge < -0.3 is 4.74 Å². The first-order valence-corrected chi connectivity index (χ1v) is 5.82. The van der Waals surface area contributed by atoms with Crippen molar-refractivity contribution in [2.24, 2.45) is 0 Å². The Morgan fingerprint density at radius 3 is 2.50 bits per heavy atom. The second-order valence-electron chi connectivity index (χ2n) is 3.32. The molecule has 0 saturated heterocycles. The van der Waals surface area contributed by atoms with E-state index in [2.05, 4.69) is 19.7 Å². The molecular formula is C11H9N3O3S. The van der Waals surface area contributed by atoms with E-state index in [1.54, 1.807) is 18.5 Å². The molecule has 0 aromatic carbocycles. The summed E-state index contributed by atoms with van der Waals surface area (Å²) < 4.78 is 4.59. The van der Waals surface area contributed by atoms with E-state index in [-0.39, 0.29) is 16.4 Å². The molecule has 2 rings (SSSR count). The average Bonchev–Trinajstić information content (AvgIpc) is 2.84. The molecule has 7 heteroatoms. The van der Waals surface area contributed by atoms with Crippen LogP contribution < -0.4 is 0 Å². The summed E-state index contributed by atoms with van der Waals surface area (Å²) in [5.41, 5.74) is 0.0115. The van der Waals surface area contributed by atoms with E-state index in [0.29, 0.717) is 10.8 Å². The van der Waals surface area contributed by atoms with Crippen LogP contribution in [0.25, 0.3) is 10.8 Å². The molecule has 92 valence electrons. The minimum absolute atomic E-state index is 0.0115. The molecule has 0 radical (unpaired) electrons. The van der Waals surface area contributed by atoms with Gasteiger partial charge in [-0.05, 0) is 6.07 Å². The van der Waals surface area contributed by atoms with Crippen molar-refractivity contribution >= 4 is 23.1 Å². The molecular weight excluding hydrogens is 254 g/mol. The van der Waals surface area contributed by atoms with Crippen LogP contribution in [0.1, 0.15) is 27.1 Å². The van der Waals surface area contributed by atoms with Crippen molar-refractivity contribution in [3.8, 4) is 10.8 Å². The highest BCUT2D eigenvalue weighted by atomic mass is 32.1. The third-order valence-electron chi connectivity index (χ3n) is 2.08. The number of hydrogen-bond donors (Lipinski definition) is 0. The van der Waals surface area contributed by atoms with Gasteiger partial charge in [0.2, 0.25) is 0 Å². The molecule has 2 aromatic rings. The molecule has 0 amide bonds. The molecule has 0 unspecified atom stereocenters. The number of ketones is 1. The highest BCUT2D eigenvalue weighted by Crippen LogP contribution is 2.26. The summed E-state index contributed by atoms with van der Waals surface area (Å²) in [6.07, 6.45) is 3.13. The van der Waals surface area contributed by atoms with Crippen molar-refractivity contribution in [2.75, 3.05) is 7.11 Å². The molecule has 18 heavy (non-hydrogen) atoms. The number of esters is 1. The van der Waals surface area contributed by atoms with Gasteiger partial charge in [0.25, 0.3) is 0 Å². The van der Waals surface area contributed by atoms with Gasteiger partial charge in [0, 0.05) is 19.3 Å². The van der Waals surface area contributed by atoms with Crippen LogP contribution in [0.3, 0.4) is 0 Å². The predicted molar refractivity (Wildman–Crippen MR) is 64.5 cm³/mol. The first-order valence-electron chi connectivity index (χ1n) is 5.01. The molecule has 0 aliphatic carbocycles. The normalized spacial score (nSPS) is 10.1. The lowest BCUT2D eigenvalue weighted by Crippen LogP contribution is -2.06. The minimum Gasteiger partial charge on any atom is -0.464 e. The number of ether oxygens (including phenoxy) is 1. The summed E-state index contributed by atoms with van der Waals surface area (Å²) >= 11 is 1.08. The number of hydrogen-bond acceptors (Lipinski definition) is 7. The molecule has 6 nitrogen and oxygen atoms in total. The second-order valence-corrected chi connectivity index (χ2v) is 4.32. The van der Waals surface area contributed by atoms with Gasteiger partial charge in [-0.2, -0.15) is 0 Å². The Labute approximate surface area is 107 Å². The van der Waals surface area contributed by atoms with Gasteiger partial charge in [0.1, 0.15) is 4.88 Å². The van der Waals surface area contributed by atoms with Crippen LogP contribution in [0.4, 0.5) is 0 Å². The zero-order valence-electron chi connectivity index (χ0n) is 9.71. The quantitative estimate of drug-likeness (QED) is 0.617. The van der Waals surface area contributed by atoms with Crippen molar-refractivity contribution in [2.45, 2.75) is 6.92 Å². The Hall–Kier alpha value is -2.15. The van der Waals surface area contributed by atoms with E-state index < -0.39 is 5.97 Å². The maximum atomic E-state index is 11.5. The number of nitrogens with zero attached hydrogens (tertiary/aromatic N) is 3. The third kappa shape index (κ3) is 2.25. The van der Waals surface area contributed by atoms with Crippen LogP contribution in [0, 0.1) is 0 Å². The lowest BCUT2D eigenvalue weighted by atomic mass is 10.3. The lowest BCUT2D eigenvalue weighted by Gasteiger charge is -1.95. The molecule has 2 aromatic heterocycles. The maximum absolute atomic E-state index is 11.5. The topological polar surface area (TPSA) is 82.0 Å². The van der Waals surface area contributed by atoms with Gasteiger partial charge in [-0.1, -0.05) is 0 Å². The SMILES string of the molecule is COC(=O)c1nc(-c2ncccn2)sc1C(C)=O. The first-order chi connectivity index (χ1) is 8.63. The number of carbonyl (C=O) groups excluding carboxylic acids is 2. The van der Waals surface area contributed by atoms with Crippen LogP contribution in [0.2, 0.25) is 0 Å². The molecule has 0 aliphatic heterocycles. The molecule has 0 atom stereocenters. The molecule has 2 heterocycles. The summed E-state index contributed by atoms with van der Waals surface area (Å²) in [6, 6.07) is 1.67. The van der Waals surface area contributed by atoms with Gasteiger partial charge >= 0.3 is 5.97 Å². The minimum atomic E-state index is -0.640. The smallest absolute Gasteiger partial charge is 0.358 e. The Balaban J connectivity index is 2.53. The van der Waals surface area contributed by atoms with Crippen molar-refractivity contribution in [1.29, 1.82) is 0 Å². The molecule has 0 bridgehead atoms. The molecule has 0 saturated carbocycles. The first kappa shape index (κ1) is 12.3. The summed E-state index contributed by atoms with van der Waals surface area (Å²) in [5, 5.41) is 0.418. The van der Waals surface area contributed by atoms with Crippen LogP contribution in [0.5, 0.6) is 0 Å². The summed E-state index contributed by atoms with van der Waals surface area (Å²) in [7, 11) is 1.24. The van der Waals surface area contributed by atoms with E-state index in [0.717, 1.165) is 11.3 Å². The summed E-state index contributed by atoms with van der Waals surface area (Å²) in [6.45, 7) is 1.37. The van der Waals surface area contributed by atoms with Gasteiger partial charge in [-0.3, -0.25) is 4.79 Å². The molecule has 0 N–H and O–H groups in total. The molecule has 0 spiro atoms. The van der Waals surface area contributed by atoms with Crippen molar-refractivity contribution in [3.05, 3.63) is 29.0 Å². The lowest BCUT2D eigenvalue weighted by molar-refractivity contribution is 0.0591. The number of aromatic nitrogens is 3. The highest BCUT2D eigenvalue weighted by Gasteiger charge is 2.23. The fourth-order valence-corrected chi connectivity index (χ4v) is 2.20. The molecule has 0 aliphatic rings. The van der Waals surface area contributed by atoms with E-state index >= 15 is 0 Å². The highest BCUT2D eigenvalue weighted by molar-refractivity contribution is 7.17. The fourth-order valence-electron chi connectivity index (χ4n) is 1.30. The standard InChI is InChI=1S/C11H9N3O3S/c1-6(15)8-7(11(16)17-2)14-10(18-8)9-12-4-3-5-13-9/h3-5H,1-2H3. The zero-order valence-corrected chi connectivity index (χ0v) is 10.5. The van der Waals surface area contributed by atoms with Gasteiger partial charge in [-0.25, -0.2) is 19.7 Å². The summed E-state index contributed by atoms with van der Waals surface area (Å²) in [4.78, 5) is 35.3. The van der Waals surface area contributed by atoms with E-state index in [1.165, 1.54) is 14.0 Å². The predicted octanol–water partition coefficient (Wildman–Crippen LogP) is 1.59. The van der Waals surface area contributed by atoms with Crippen LogP contribution in [-0.2, 0) is 4.74 Å². The van der Waals surface area contributed by atoms with Crippen LogP contribution in [0.15, 0.2) is 18.5 Å². The van der Waals surface area contributed by atoms with Crippen molar-refractivity contribution in [3.63, 3.8) is 0 Å². The van der Waals surface area contributed by atoms with E-state index in [9.17, 15) is 9.59 Å². The van der Waals surface area contributed by atoms with Crippen LogP contribution >= 0.6 is 11.3 Å².